The number of hydrogen-bond acceptors (Lipinski definition) is 6. The molecule has 0 fully saturated rings. The standard InChI is InChI=1S/C21H21N5O3/c1-28-15-7-3-13(4-8-15)11-17-23-18-19(24-17)25-21(26-20(18)27)22-12-14-5-9-16(29-2)10-6-14/h3-10H,11-12H2,1-2H3,(H3,22,23,24,25,26,27). The van der Waals surface area contributed by atoms with Gasteiger partial charge >= 0.3 is 0 Å². The summed E-state index contributed by atoms with van der Waals surface area (Å²) < 4.78 is 10.3. The van der Waals surface area contributed by atoms with Crippen LogP contribution in [0.1, 0.15) is 17.0 Å². The fraction of sp³-hybridized carbons (Fsp3) is 0.190. The summed E-state index contributed by atoms with van der Waals surface area (Å²) in [5.41, 5.74) is 2.58. The van der Waals surface area contributed by atoms with Crippen molar-refractivity contribution >= 4 is 17.1 Å². The predicted octanol–water partition coefficient (Wildman–Crippen LogP) is 2.87. The number of benzene rings is 2. The van der Waals surface area contributed by atoms with Gasteiger partial charge in [0.05, 0.1) is 14.2 Å². The fourth-order valence-corrected chi connectivity index (χ4v) is 2.99. The lowest BCUT2D eigenvalue weighted by Crippen LogP contribution is -2.13. The number of aromatic nitrogens is 4. The van der Waals surface area contributed by atoms with Crippen molar-refractivity contribution in [2.75, 3.05) is 19.5 Å². The van der Waals surface area contributed by atoms with E-state index in [1.165, 1.54) is 0 Å². The molecule has 8 nitrogen and oxygen atoms in total. The first-order valence-corrected chi connectivity index (χ1v) is 9.13. The molecule has 0 saturated heterocycles. The molecule has 2 aromatic heterocycles. The summed E-state index contributed by atoms with van der Waals surface area (Å²) in [7, 11) is 3.26. The number of methoxy groups -OCH3 is 2. The number of ether oxygens (including phenoxy) is 2. The second-order valence-corrected chi connectivity index (χ2v) is 6.52. The summed E-state index contributed by atoms with van der Waals surface area (Å²) in [6.45, 7) is 0.515. The van der Waals surface area contributed by atoms with Crippen molar-refractivity contribution in [3.8, 4) is 11.5 Å². The van der Waals surface area contributed by atoms with Gasteiger partial charge in [-0.3, -0.25) is 9.78 Å². The van der Waals surface area contributed by atoms with Gasteiger partial charge in [0.25, 0.3) is 5.56 Å². The number of H-pyrrole nitrogens is 2. The van der Waals surface area contributed by atoms with Crippen LogP contribution in [0, 0.1) is 0 Å². The second-order valence-electron chi connectivity index (χ2n) is 6.52. The normalized spacial score (nSPS) is 10.8. The van der Waals surface area contributed by atoms with Gasteiger partial charge in [-0.1, -0.05) is 24.3 Å². The van der Waals surface area contributed by atoms with Gasteiger partial charge in [-0.25, -0.2) is 4.98 Å². The summed E-state index contributed by atoms with van der Waals surface area (Å²) in [6.07, 6.45) is 0.564. The number of hydrogen-bond donors (Lipinski definition) is 3. The van der Waals surface area contributed by atoms with E-state index in [1.54, 1.807) is 14.2 Å². The van der Waals surface area contributed by atoms with Crippen LogP contribution in [0.3, 0.4) is 0 Å². The number of rotatable bonds is 7. The third-order valence-corrected chi connectivity index (χ3v) is 4.56. The Labute approximate surface area is 166 Å². The molecule has 2 aromatic carbocycles. The van der Waals surface area contributed by atoms with Crippen molar-refractivity contribution < 1.29 is 9.47 Å². The van der Waals surface area contributed by atoms with E-state index in [0.29, 0.717) is 35.9 Å². The van der Waals surface area contributed by atoms with Crippen molar-refractivity contribution in [1.29, 1.82) is 0 Å². The lowest BCUT2D eigenvalue weighted by atomic mass is 10.1. The number of nitrogens with zero attached hydrogens (tertiary/aromatic N) is 2. The Hall–Kier alpha value is -3.81. The SMILES string of the molecule is COc1ccc(CNc2nc3nc(Cc4ccc(OC)cc4)[nH]c3c(=O)[nH]2)cc1. The van der Waals surface area contributed by atoms with E-state index in [4.69, 9.17) is 9.47 Å². The molecule has 0 aliphatic rings. The molecule has 0 atom stereocenters. The minimum absolute atomic E-state index is 0.263. The van der Waals surface area contributed by atoms with E-state index in [1.807, 2.05) is 48.5 Å². The van der Waals surface area contributed by atoms with E-state index >= 15 is 0 Å². The van der Waals surface area contributed by atoms with E-state index in [-0.39, 0.29) is 5.56 Å². The van der Waals surface area contributed by atoms with Crippen LogP contribution < -0.4 is 20.3 Å². The topological polar surface area (TPSA) is 105 Å². The van der Waals surface area contributed by atoms with Gasteiger partial charge in [-0.2, -0.15) is 4.98 Å². The molecule has 0 aliphatic carbocycles. The zero-order valence-corrected chi connectivity index (χ0v) is 16.2. The van der Waals surface area contributed by atoms with E-state index in [0.717, 1.165) is 22.6 Å². The van der Waals surface area contributed by atoms with Gasteiger partial charge in [0.1, 0.15) is 17.3 Å². The van der Waals surface area contributed by atoms with Gasteiger partial charge in [0.2, 0.25) is 5.95 Å². The lowest BCUT2D eigenvalue weighted by Gasteiger charge is -2.06. The largest absolute Gasteiger partial charge is 0.497 e. The van der Waals surface area contributed by atoms with Crippen molar-refractivity contribution in [3.05, 3.63) is 75.8 Å². The van der Waals surface area contributed by atoms with Gasteiger partial charge in [-0.05, 0) is 35.4 Å². The molecule has 0 unspecified atom stereocenters. The molecule has 4 aromatic rings. The van der Waals surface area contributed by atoms with Crippen LogP contribution in [-0.4, -0.2) is 34.2 Å². The molecular formula is C21H21N5O3. The van der Waals surface area contributed by atoms with Crippen molar-refractivity contribution in [2.24, 2.45) is 0 Å². The highest BCUT2D eigenvalue weighted by atomic mass is 16.5. The molecule has 0 saturated carbocycles. The summed E-state index contributed by atoms with van der Waals surface area (Å²) >= 11 is 0. The monoisotopic (exact) mass is 391 g/mol. The van der Waals surface area contributed by atoms with Crippen molar-refractivity contribution in [2.45, 2.75) is 13.0 Å². The van der Waals surface area contributed by atoms with Crippen LogP contribution in [0.15, 0.2) is 53.3 Å². The Morgan fingerprint density at radius 3 is 2.10 bits per heavy atom. The van der Waals surface area contributed by atoms with E-state index in [2.05, 4.69) is 25.3 Å². The zero-order chi connectivity index (χ0) is 20.2. The fourth-order valence-electron chi connectivity index (χ4n) is 2.99. The van der Waals surface area contributed by atoms with E-state index in [9.17, 15) is 4.79 Å². The molecule has 0 aliphatic heterocycles. The first-order valence-electron chi connectivity index (χ1n) is 9.13. The average molecular weight is 391 g/mol. The van der Waals surface area contributed by atoms with Crippen molar-refractivity contribution in [1.82, 2.24) is 19.9 Å². The Bertz CT molecular complexity index is 1160. The highest BCUT2D eigenvalue weighted by Crippen LogP contribution is 2.16. The first kappa shape index (κ1) is 18.5. The van der Waals surface area contributed by atoms with Crippen LogP contribution in [-0.2, 0) is 13.0 Å². The van der Waals surface area contributed by atoms with Crippen LogP contribution in [0.5, 0.6) is 11.5 Å². The van der Waals surface area contributed by atoms with Crippen molar-refractivity contribution in [3.63, 3.8) is 0 Å². The van der Waals surface area contributed by atoms with Gasteiger partial charge in [-0.15, -0.1) is 0 Å². The number of nitrogens with one attached hydrogen (secondary N) is 3. The minimum Gasteiger partial charge on any atom is -0.497 e. The average Bonchev–Trinajstić information content (AvgIpc) is 3.16. The van der Waals surface area contributed by atoms with Gasteiger partial charge in [0.15, 0.2) is 11.2 Å². The summed E-state index contributed by atoms with van der Waals surface area (Å²) in [5, 5.41) is 3.13. The number of imidazole rings is 1. The molecule has 0 spiro atoms. The zero-order valence-electron chi connectivity index (χ0n) is 16.2. The minimum atomic E-state index is -0.263. The highest BCUT2D eigenvalue weighted by Gasteiger charge is 2.10. The molecule has 0 amide bonds. The third-order valence-electron chi connectivity index (χ3n) is 4.56. The quantitative estimate of drug-likeness (QED) is 0.447. The predicted molar refractivity (Wildman–Crippen MR) is 111 cm³/mol. The summed E-state index contributed by atoms with van der Waals surface area (Å²) in [6, 6.07) is 15.4. The molecule has 29 heavy (non-hydrogen) atoms. The maximum atomic E-state index is 12.4. The smallest absolute Gasteiger partial charge is 0.278 e. The van der Waals surface area contributed by atoms with Crippen LogP contribution >= 0.6 is 0 Å². The number of fused-ring (bicyclic) bond motifs is 1. The second kappa shape index (κ2) is 8.05. The summed E-state index contributed by atoms with van der Waals surface area (Å²) in [5.74, 6) is 2.64. The molecule has 3 N–H and O–H groups in total. The summed E-state index contributed by atoms with van der Waals surface area (Å²) in [4.78, 5) is 27.1. The Morgan fingerprint density at radius 2 is 1.48 bits per heavy atom. The van der Waals surface area contributed by atoms with Gasteiger partial charge in [0, 0.05) is 13.0 Å². The molecule has 2 heterocycles. The first-order chi connectivity index (χ1) is 14.1. The maximum Gasteiger partial charge on any atom is 0.278 e. The van der Waals surface area contributed by atoms with E-state index < -0.39 is 0 Å². The maximum absolute atomic E-state index is 12.4. The third kappa shape index (κ3) is 4.21. The van der Waals surface area contributed by atoms with Crippen LogP contribution in [0.25, 0.3) is 11.2 Å². The molecule has 148 valence electrons. The molecule has 4 rings (SSSR count). The van der Waals surface area contributed by atoms with Crippen LogP contribution in [0.4, 0.5) is 5.95 Å². The number of anilines is 1. The Morgan fingerprint density at radius 1 is 0.862 bits per heavy atom. The molecule has 0 radical (unpaired) electrons. The van der Waals surface area contributed by atoms with Crippen LogP contribution in [0.2, 0.25) is 0 Å². The number of aromatic amines is 2. The molecule has 8 heteroatoms. The molecule has 0 bridgehead atoms. The Balaban J connectivity index is 1.50. The van der Waals surface area contributed by atoms with Gasteiger partial charge < -0.3 is 19.8 Å². The Kier molecular flexibility index (Phi) is 5.15. The molecular weight excluding hydrogens is 370 g/mol. The lowest BCUT2D eigenvalue weighted by molar-refractivity contribution is 0.414. The highest BCUT2D eigenvalue weighted by molar-refractivity contribution is 5.70.